The molecule has 4 aromatic carbocycles. The molecule has 0 bridgehead atoms. The Morgan fingerprint density at radius 3 is 2.17 bits per heavy atom. The quantitative estimate of drug-likeness (QED) is 0.0793. The number of aliphatic hydroxyl groups is 1. The van der Waals surface area contributed by atoms with E-state index in [0.717, 1.165) is 34.7 Å². The average molecular weight is 787 g/mol. The lowest BCUT2D eigenvalue weighted by Crippen LogP contribution is -2.57. The van der Waals surface area contributed by atoms with Crippen LogP contribution in [0.3, 0.4) is 0 Å². The maximum atomic E-state index is 14.3. The lowest BCUT2D eigenvalue weighted by molar-refractivity contribution is -0.136. The molecule has 5 N–H and O–H groups in total. The van der Waals surface area contributed by atoms with Crippen LogP contribution in [0.1, 0.15) is 67.8 Å². The second kappa shape index (κ2) is 20.4. The summed E-state index contributed by atoms with van der Waals surface area (Å²) in [7, 11) is 0. The first-order valence-electron chi connectivity index (χ1n) is 20.2. The highest BCUT2D eigenvalue weighted by atomic mass is 16.5. The Morgan fingerprint density at radius 1 is 0.810 bits per heavy atom. The van der Waals surface area contributed by atoms with Gasteiger partial charge in [0.05, 0.1) is 24.9 Å². The van der Waals surface area contributed by atoms with Crippen LogP contribution in [0.15, 0.2) is 116 Å². The normalized spacial score (nSPS) is 15.3. The Bertz CT molecular complexity index is 2080. The van der Waals surface area contributed by atoms with Gasteiger partial charge in [-0.3, -0.25) is 14.4 Å². The molecule has 1 aromatic heterocycles. The van der Waals surface area contributed by atoms with Gasteiger partial charge >= 0.3 is 6.09 Å². The summed E-state index contributed by atoms with van der Waals surface area (Å²) < 4.78 is 5.51. The lowest BCUT2D eigenvalue weighted by atomic mass is 9.89. The third-order valence-corrected chi connectivity index (χ3v) is 10.8. The molecule has 1 unspecified atom stereocenters. The number of aliphatic hydroxyl groups excluding tert-OH is 1. The number of aromatic amines is 1. The van der Waals surface area contributed by atoms with E-state index in [2.05, 4.69) is 38.1 Å². The molecule has 1 fully saturated rings. The van der Waals surface area contributed by atoms with Crippen molar-refractivity contribution in [3.63, 3.8) is 0 Å². The summed E-state index contributed by atoms with van der Waals surface area (Å²) in [5, 5.41) is 22.0. The summed E-state index contributed by atoms with van der Waals surface area (Å²) in [6.07, 6.45) is 3.22. The highest BCUT2D eigenvalue weighted by molar-refractivity contribution is 5.93. The van der Waals surface area contributed by atoms with E-state index in [0.29, 0.717) is 31.1 Å². The van der Waals surface area contributed by atoms with Gasteiger partial charge in [-0.05, 0) is 58.6 Å². The van der Waals surface area contributed by atoms with Crippen LogP contribution < -0.4 is 16.0 Å². The van der Waals surface area contributed by atoms with Crippen LogP contribution in [0.25, 0.3) is 10.8 Å². The maximum absolute atomic E-state index is 14.3. The number of aromatic nitrogens is 2. The standard InChI is InChI=1S/C46H54N6O6/c1-31(2)24-39(42(53)27-43(54)52-22-20-34(21-23-52)33-14-7-4-8-15-33)49-45(56)41(26-37-28-47-30-48-37)50-44(55)40(51-46(57)58-29-32-12-5-3-6-13-32)25-36-18-11-17-35-16-9-10-19-38(35)36/h3-19,28,30-31,34,39-42,53H,20-27,29H2,1-2H3,(H,47,48)(H,49,56)(H,50,55)(H,51,57)/t39-,40-,41?,42-/m0/s1. The predicted molar refractivity (Wildman–Crippen MR) is 222 cm³/mol. The van der Waals surface area contributed by atoms with Crippen LogP contribution in [0.4, 0.5) is 4.79 Å². The number of likely N-dealkylation sites (tertiary alicyclic amines) is 1. The minimum absolute atomic E-state index is 0.00811. The van der Waals surface area contributed by atoms with E-state index in [4.69, 9.17) is 4.74 Å². The Hall–Kier alpha value is -6.01. The van der Waals surface area contributed by atoms with Crippen molar-refractivity contribution >= 4 is 34.6 Å². The summed E-state index contributed by atoms with van der Waals surface area (Å²) >= 11 is 0. The number of hydrogen-bond donors (Lipinski definition) is 5. The van der Waals surface area contributed by atoms with Crippen LogP contribution in [-0.2, 0) is 38.6 Å². The monoisotopic (exact) mass is 786 g/mol. The van der Waals surface area contributed by atoms with Crippen LogP contribution >= 0.6 is 0 Å². The van der Waals surface area contributed by atoms with Gasteiger partial charge in [-0.2, -0.15) is 0 Å². The Morgan fingerprint density at radius 2 is 1.47 bits per heavy atom. The number of nitrogens with one attached hydrogen (secondary N) is 4. The Kier molecular flexibility index (Phi) is 14.7. The Labute approximate surface area is 339 Å². The topological polar surface area (TPSA) is 166 Å². The third-order valence-electron chi connectivity index (χ3n) is 10.8. The third kappa shape index (κ3) is 11.8. The molecule has 0 spiro atoms. The Balaban J connectivity index is 1.16. The van der Waals surface area contributed by atoms with Gasteiger partial charge in [0, 0.05) is 37.8 Å². The van der Waals surface area contributed by atoms with Crippen molar-refractivity contribution in [3.05, 3.63) is 138 Å². The summed E-state index contributed by atoms with van der Waals surface area (Å²) in [6.45, 7) is 5.16. The van der Waals surface area contributed by atoms with E-state index >= 15 is 0 Å². The van der Waals surface area contributed by atoms with Crippen molar-refractivity contribution < 1.29 is 29.0 Å². The molecule has 0 saturated carbocycles. The van der Waals surface area contributed by atoms with E-state index < -0.39 is 42.1 Å². The fourth-order valence-electron chi connectivity index (χ4n) is 7.65. The van der Waals surface area contributed by atoms with Crippen LogP contribution in [0.2, 0.25) is 0 Å². The fraction of sp³-hybridized carbons (Fsp3) is 0.370. The molecule has 0 aliphatic carbocycles. The molecule has 0 radical (unpaired) electrons. The van der Waals surface area contributed by atoms with Crippen LogP contribution in [0, 0.1) is 5.92 Å². The van der Waals surface area contributed by atoms with Crippen molar-refractivity contribution in [2.75, 3.05) is 13.1 Å². The number of hydrogen-bond acceptors (Lipinski definition) is 7. The predicted octanol–water partition coefficient (Wildman–Crippen LogP) is 5.82. The molecule has 1 aliphatic rings. The van der Waals surface area contributed by atoms with Crippen molar-refractivity contribution in [2.24, 2.45) is 5.92 Å². The van der Waals surface area contributed by atoms with Gasteiger partial charge in [0.25, 0.3) is 0 Å². The van der Waals surface area contributed by atoms with E-state index in [1.807, 2.05) is 105 Å². The van der Waals surface area contributed by atoms with E-state index in [1.54, 1.807) is 11.1 Å². The van der Waals surface area contributed by atoms with E-state index in [-0.39, 0.29) is 37.7 Å². The van der Waals surface area contributed by atoms with Crippen LogP contribution in [0.5, 0.6) is 0 Å². The number of amides is 4. The van der Waals surface area contributed by atoms with Gasteiger partial charge < -0.3 is 35.7 Å². The molecule has 12 heteroatoms. The van der Waals surface area contributed by atoms with Gasteiger partial charge in [0.2, 0.25) is 17.7 Å². The highest BCUT2D eigenvalue weighted by Gasteiger charge is 2.33. The molecule has 304 valence electrons. The maximum Gasteiger partial charge on any atom is 0.408 e. The number of benzene rings is 4. The number of fused-ring (bicyclic) bond motifs is 1. The molecule has 6 rings (SSSR count). The largest absolute Gasteiger partial charge is 0.445 e. The average Bonchev–Trinajstić information content (AvgIpc) is 3.76. The van der Waals surface area contributed by atoms with Crippen molar-refractivity contribution in [2.45, 2.75) is 89.1 Å². The number of imidazole rings is 1. The molecular formula is C46H54N6O6. The smallest absolute Gasteiger partial charge is 0.408 e. The summed E-state index contributed by atoms with van der Waals surface area (Å²) in [5.41, 5.74) is 3.47. The highest BCUT2D eigenvalue weighted by Crippen LogP contribution is 2.28. The van der Waals surface area contributed by atoms with Gasteiger partial charge in [-0.1, -0.05) is 117 Å². The lowest BCUT2D eigenvalue weighted by Gasteiger charge is -2.34. The van der Waals surface area contributed by atoms with Crippen molar-refractivity contribution in [1.29, 1.82) is 0 Å². The minimum atomic E-state index is -1.16. The first kappa shape index (κ1) is 41.6. The molecular weight excluding hydrogens is 733 g/mol. The minimum Gasteiger partial charge on any atom is -0.445 e. The zero-order valence-electron chi connectivity index (χ0n) is 33.2. The number of H-pyrrole nitrogens is 1. The summed E-state index contributed by atoms with van der Waals surface area (Å²) in [6, 6.07) is 30.1. The molecule has 4 atom stereocenters. The molecule has 12 nitrogen and oxygen atoms in total. The number of piperidine rings is 1. The molecule has 2 heterocycles. The SMILES string of the molecule is CC(C)C[C@H](NC(=O)C(Cc1cnc[nH]1)NC(=O)[C@H](Cc1cccc2ccccc12)NC(=O)OCc1ccccc1)[C@@H](O)CC(=O)N1CCC(c2ccccc2)CC1. The zero-order chi connectivity index (χ0) is 40.9. The summed E-state index contributed by atoms with van der Waals surface area (Å²) in [5.74, 6) is -0.843. The number of carbonyl (C=O) groups is 4. The zero-order valence-corrected chi connectivity index (χ0v) is 33.2. The molecule has 1 saturated heterocycles. The van der Waals surface area contributed by atoms with Gasteiger partial charge in [-0.25, -0.2) is 9.78 Å². The number of ether oxygens (including phenoxy) is 1. The number of rotatable bonds is 17. The fourth-order valence-corrected chi connectivity index (χ4v) is 7.65. The first-order valence-corrected chi connectivity index (χ1v) is 20.2. The number of nitrogens with zero attached hydrogens (tertiary/aromatic N) is 2. The molecule has 58 heavy (non-hydrogen) atoms. The van der Waals surface area contributed by atoms with E-state index in [9.17, 15) is 24.3 Å². The van der Waals surface area contributed by atoms with Crippen molar-refractivity contribution in [1.82, 2.24) is 30.8 Å². The second-order valence-electron chi connectivity index (χ2n) is 15.5. The first-order chi connectivity index (χ1) is 28.1. The van der Waals surface area contributed by atoms with E-state index in [1.165, 1.54) is 11.9 Å². The number of alkyl carbamates (subject to hydrolysis) is 1. The van der Waals surface area contributed by atoms with Crippen LogP contribution in [-0.4, -0.2) is 81.1 Å². The summed E-state index contributed by atoms with van der Waals surface area (Å²) in [4.78, 5) is 64.1. The number of carbonyl (C=O) groups excluding carboxylic acids is 4. The van der Waals surface area contributed by atoms with Gasteiger partial charge in [0.15, 0.2) is 0 Å². The van der Waals surface area contributed by atoms with Gasteiger partial charge in [-0.15, -0.1) is 0 Å². The molecule has 1 aliphatic heterocycles. The van der Waals surface area contributed by atoms with Crippen molar-refractivity contribution in [3.8, 4) is 0 Å². The molecule has 5 aromatic rings. The molecule has 4 amide bonds. The van der Waals surface area contributed by atoms with Gasteiger partial charge in [0.1, 0.15) is 18.7 Å². The second-order valence-corrected chi connectivity index (χ2v) is 15.5.